The first-order chi connectivity index (χ1) is 17.5. The number of hydrogen-bond donors (Lipinski definition) is 1. The molecular formula is C31H34FNO4. The molecule has 1 fully saturated rings. The molecule has 3 atom stereocenters. The Morgan fingerprint density at radius 3 is 2.65 bits per heavy atom. The second-order valence-corrected chi connectivity index (χ2v) is 11.6. The van der Waals surface area contributed by atoms with Crippen LogP contribution in [0.1, 0.15) is 67.7 Å². The van der Waals surface area contributed by atoms with E-state index in [0.29, 0.717) is 18.6 Å². The molecule has 1 spiro atoms. The lowest BCUT2D eigenvalue weighted by Gasteiger charge is -2.32. The zero-order valence-corrected chi connectivity index (χ0v) is 22.1. The molecule has 1 saturated carbocycles. The summed E-state index contributed by atoms with van der Waals surface area (Å²) in [6.07, 6.45) is 3.52. The van der Waals surface area contributed by atoms with Crippen molar-refractivity contribution in [3.05, 3.63) is 82.4 Å². The molecule has 2 aromatic carbocycles. The van der Waals surface area contributed by atoms with Gasteiger partial charge < -0.3 is 14.6 Å². The van der Waals surface area contributed by atoms with Crippen LogP contribution in [-0.4, -0.2) is 23.2 Å². The van der Waals surface area contributed by atoms with E-state index in [1.54, 1.807) is 13.2 Å². The number of aromatic nitrogens is 1. The largest absolute Gasteiger partial charge is 0.489 e. The number of aryl methyl sites for hydroxylation is 2. The highest BCUT2D eigenvalue weighted by atomic mass is 19.1. The zero-order chi connectivity index (χ0) is 26.5. The predicted octanol–water partition coefficient (Wildman–Crippen LogP) is 6.80. The third-order valence-corrected chi connectivity index (χ3v) is 7.94. The normalized spacial score (nSPS) is 21.1. The van der Waals surface area contributed by atoms with Gasteiger partial charge in [0.15, 0.2) is 0 Å². The van der Waals surface area contributed by atoms with Crippen LogP contribution in [0.5, 0.6) is 5.75 Å². The molecule has 1 heterocycles. The molecule has 0 amide bonds. The highest BCUT2D eigenvalue weighted by Crippen LogP contribution is 2.62. The number of pyridine rings is 1. The first-order valence-corrected chi connectivity index (χ1v) is 12.8. The van der Waals surface area contributed by atoms with Gasteiger partial charge in [0.1, 0.15) is 18.2 Å². The number of carboxylic acids is 1. The topological polar surface area (TPSA) is 68.7 Å². The van der Waals surface area contributed by atoms with Crippen molar-refractivity contribution in [3.63, 3.8) is 0 Å². The van der Waals surface area contributed by atoms with Crippen molar-refractivity contribution < 1.29 is 23.8 Å². The number of hydrogen-bond acceptors (Lipinski definition) is 4. The molecule has 0 aliphatic heterocycles. The maximum atomic E-state index is 14.9. The van der Waals surface area contributed by atoms with Crippen LogP contribution in [0.3, 0.4) is 0 Å². The van der Waals surface area contributed by atoms with Gasteiger partial charge in [0.25, 0.3) is 0 Å². The maximum Gasteiger partial charge on any atom is 0.307 e. The first-order valence-electron chi connectivity index (χ1n) is 12.8. The Morgan fingerprint density at radius 1 is 1.19 bits per heavy atom. The Morgan fingerprint density at radius 2 is 1.97 bits per heavy atom. The highest BCUT2D eigenvalue weighted by Gasteiger charge is 2.61. The van der Waals surface area contributed by atoms with E-state index in [-0.39, 0.29) is 28.7 Å². The van der Waals surface area contributed by atoms with E-state index in [9.17, 15) is 14.3 Å². The lowest BCUT2D eigenvalue weighted by Crippen LogP contribution is -2.21. The van der Waals surface area contributed by atoms with E-state index in [1.165, 1.54) is 11.8 Å². The van der Waals surface area contributed by atoms with Crippen molar-refractivity contribution in [1.82, 2.24) is 4.98 Å². The average Bonchev–Trinajstić information content (AvgIpc) is 3.48. The number of carboxylic acid groups (broad SMARTS) is 1. The van der Waals surface area contributed by atoms with Crippen LogP contribution in [0.4, 0.5) is 4.39 Å². The van der Waals surface area contributed by atoms with Gasteiger partial charge in [0.2, 0.25) is 0 Å². The van der Waals surface area contributed by atoms with Gasteiger partial charge in [0, 0.05) is 23.8 Å². The van der Waals surface area contributed by atoms with Gasteiger partial charge in [0.05, 0.1) is 18.2 Å². The summed E-state index contributed by atoms with van der Waals surface area (Å²) in [5, 5.41) is 9.54. The van der Waals surface area contributed by atoms with Crippen molar-refractivity contribution in [2.24, 2.45) is 11.3 Å². The molecule has 194 valence electrons. The Balaban J connectivity index is 1.45. The van der Waals surface area contributed by atoms with Gasteiger partial charge in [-0.25, -0.2) is 4.39 Å². The summed E-state index contributed by atoms with van der Waals surface area (Å²) < 4.78 is 27.0. The summed E-state index contributed by atoms with van der Waals surface area (Å²) in [4.78, 5) is 15.7. The van der Waals surface area contributed by atoms with E-state index in [2.05, 4.69) is 31.8 Å². The first kappa shape index (κ1) is 25.4. The second-order valence-electron chi connectivity index (χ2n) is 11.6. The molecule has 0 unspecified atom stereocenters. The molecule has 0 radical (unpaired) electrons. The third-order valence-electron chi connectivity index (χ3n) is 7.94. The number of methoxy groups -OCH3 is 1. The summed E-state index contributed by atoms with van der Waals surface area (Å²) in [5.41, 5.74) is 5.78. The summed E-state index contributed by atoms with van der Waals surface area (Å²) in [6, 6.07) is 13.8. The Kier molecular flexibility index (Phi) is 6.35. The molecule has 37 heavy (non-hydrogen) atoms. The number of aliphatic carboxylic acids is 1. The fourth-order valence-corrected chi connectivity index (χ4v) is 6.05. The molecule has 1 N–H and O–H groups in total. The minimum atomic E-state index is -0.709. The van der Waals surface area contributed by atoms with Crippen LogP contribution in [0.2, 0.25) is 0 Å². The summed E-state index contributed by atoms with van der Waals surface area (Å²) in [5.74, 6) is -0.637. The van der Waals surface area contributed by atoms with Crippen molar-refractivity contribution in [1.29, 1.82) is 0 Å². The van der Waals surface area contributed by atoms with E-state index >= 15 is 0 Å². The summed E-state index contributed by atoms with van der Waals surface area (Å²) >= 11 is 0. The van der Waals surface area contributed by atoms with Gasteiger partial charge in [-0.1, -0.05) is 39.0 Å². The van der Waals surface area contributed by atoms with Crippen LogP contribution in [-0.2, 0) is 28.0 Å². The zero-order valence-electron chi connectivity index (χ0n) is 22.1. The SMILES string of the molecule is CO[C@@H](c1cc(COc2ccc3c(c2)[C@]2(CC3)C[C@H]2C(=O)O)ccc1-c1cc(C)ncc1F)C(C)(C)C. The number of carbonyl (C=O) groups is 1. The maximum absolute atomic E-state index is 14.9. The molecule has 5 nitrogen and oxygen atoms in total. The van der Waals surface area contributed by atoms with E-state index in [4.69, 9.17) is 9.47 Å². The molecule has 6 heteroatoms. The fourth-order valence-electron chi connectivity index (χ4n) is 6.05. The smallest absolute Gasteiger partial charge is 0.307 e. The van der Waals surface area contributed by atoms with Crippen LogP contribution in [0.15, 0.2) is 48.7 Å². The minimum absolute atomic E-state index is 0.221. The second kappa shape index (κ2) is 9.25. The third kappa shape index (κ3) is 4.63. The number of benzene rings is 2. The number of nitrogens with zero attached hydrogens (tertiary/aromatic N) is 1. The van der Waals surface area contributed by atoms with Crippen LogP contribution in [0.25, 0.3) is 11.1 Å². The molecule has 0 bridgehead atoms. The monoisotopic (exact) mass is 503 g/mol. The van der Waals surface area contributed by atoms with Crippen molar-refractivity contribution in [3.8, 4) is 16.9 Å². The number of fused-ring (bicyclic) bond motifs is 2. The van der Waals surface area contributed by atoms with E-state index in [1.807, 2.05) is 37.3 Å². The molecule has 2 aliphatic rings. The van der Waals surface area contributed by atoms with E-state index in [0.717, 1.165) is 46.5 Å². The van der Waals surface area contributed by atoms with Crippen molar-refractivity contribution in [2.45, 2.75) is 65.1 Å². The van der Waals surface area contributed by atoms with Gasteiger partial charge >= 0.3 is 5.97 Å². The summed E-state index contributed by atoms with van der Waals surface area (Å²) in [7, 11) is 1.68. The summed E-state index contributed by atoms with van der Waals surface area (Å²) in [6.45, 7) is 8.49. The molecule has 2 aliphatic carbocycles. The van der Waals surface area contributed by atoms with E-state index < -0.39 is 5.97 Å². The van der Waals surface area contributed by atoms with Crippen molar-refractivity contribution >= 4 is 5.97 Å². The molecular weight excluding hydrogens is 469 g/mol. The highest BCUT2D eigenvalue weighted by molar-refractivity contribution is 5.78. The van der Waals surface area contributed by atoms with Crippen LogP contribution >= 0.6 is 0 Å². The van der Waals surface area contributed by atoms with Crippen LogP contribution in [0, 0.1) is 24.1 Å². The Bertz CT molecular complexity index is 1360. The molecule has 1 aromatic heterocycles. The number of rotatable bonds is 7. The van der Waals surface area contributed by atoms with Crippen LogP contribution < -0.4 is 4.74 Å². The van der Waals surface area contributed by atoms with Gasteiger partial charge in [-0.3, -0.25) is 9.78 Å². The standard InChI is InChI=1S/C31H34FNO4/c1-18-12-23(27(32)16-33-18)22-9-6-19(13-24(22)28(36-5)30(2,3)4)17-37-21-8-7-20-10-11-31(25(20)14-21)15-26(31)29(34)35/h6-9,12-14,16,26,28H,10-11,15,17H2,1-5H3,(H,34,35)/t26-,28-,31-/m0/s1. The van der Waals surface area contributed by atoms with Crippen molar-refractivity contribution in [2.75, 3.05) is 7.11 Å². The molecule has 0 saturated heterocycles. The average molecular weight is 504 g/mol. The van der Waals surface area contributed by atoms with Gasteiger partial charge in [-0.15, -0.1) is 0 Å². The number of ether oxygens (including phenoxy) is 2. The minimum Gasteiger partial charge on any atom is -0.489 e. The van der Waals surface area contributed by atoms with Gasteiger partial charge in [-0.2, -0.15) is 0 Å². The lowest BCUT2D eigenvalue weighted by molar-refractivity contribution is -0.139. The quantitative estimate of drug-likeness (QED) is 0.384. The molecule has 5 rings (SSSR count). The fraction of sp³-hybridized carbons (Fsp3) is 0.419. The Labute approximate surface area is 217 Å². The van der Waals surface area contributed by atoms with Gasteiger partial charge in [-0.05, 0) is 83.7 Å². The Hall–Kier alpha value is -3.25. The predicted molar refractivity (Wildman–Crippen MR) is 140 cm³/mol. The number of halogens is 1. The molecule has 3 aromatic rings. The lowest BCUT2D eigenvalue weighted by atomic mass is 9.81.